The summed E-state index contributed by atoms with van der Waals surface area (Å²) in [6.45, 7) is 1.44. The van der Waals surface area contributed by atoms with Crippen molar-refractivity contribution in [1.29, 1.82) is 0 Å². The van der Waals surface area contributed by atoms with Crippen LogP contribution in [0.4, 0.5) is 0 Å². The molecule has 0 N–H and O–H groups in total. The maximum atomic E-state index is 12.0. The number of halogens is 1. The van der Waals surface area contributed by atoms with E-state index in [0.29, 0.717) is 5.75 Å². The van der Waals surface area contributed by atoms with Gasteiger partial charge in [-0.05, 0) is 0 Å². The van der Waals surface area contributed by atoms with Crippen molar-refractivity contribution in [1.82, 2.24) is 0 Å². The predicted octanol–water partition coefficient (Wildman–Crippen LogP) is 5.08. The van der Waals surface area contributed by atoms with Gasteiger partial charge in [-0.15, -0.1) is 0 Å². The van der Waals surface area contributed by atoms with Crippen LogP contribution in [0.3, 0.4) is 0 Å². The van der Waals surface area contributed by atoms with Gasteiger partial charge in [-0.2, -0.15) is 0 Å². The normalized spacial score (nSPS) is 12.5. The Kier molecular flexibility index (Phi) is 5.60. The van der Waals surface area contributed by atoms with Crippen LogP contribution < -0.4 is 26.0 Å². The third kappa shape index (κ3) is 3.19. The molecule has 0 saturated heterocycles. The fourth-order valence-corrected chi connectivity index (χ4v) is 11.9. The van der Waals surface area contributed by atoms with Crippen molar-refractivity contribution < 1.29 is 9.53 Å². The van der Waals surface area contributed by atoms with Crippen LogP contribution in [0.1, 0.15) is 6.92 Å². The minimum absolute atomic E-state index is 0.339. The van der Waals surface area contributed by atoms with E-state index in [4.69, 9.17) is 4.74 Å². The molecule has 4 aromatic rings. The topological polar surface area (TPSA) is 26.3 Å². The number of rotatable bonds is 5. The van der Waals surface area contributed by atoms with Gasteiger partial charge in [0.2, 0.25) is 0 Å². The Morgan fingerprint density at radius 1 is 0.633 bits per heavy atom. The van der Waals surface area contributed by atoms with E-state index in [1.165, 1.54) is 6.92 Å². The fraction of sp³-hybridized carbons (Fsp3) is 0.0385. The molecule has 0 spiro atoms. The van der Waals surface area contributed by atoms with Gasteiger partial charge in [0.1, 0.15) is 0 Å². The van der Waals surface area contributed by atoms with Gasteiger partial charge in [-0.1, -0.05) is 0 Å². The molecule has 4 heteroatoms. The van der Waals surface area contributed by atoms with Gasteiger partial charge in [0.25, 0.3) is 0 Å². The second kappa shape index (κ2) is 8.18. The van der Waals surface area contributed by atoms with E-state index in [-0.39, 0.29) is 5.97 Å². The van der Waals surface area contributed by atoms with Gasteiger partial charge in [-0.25, -0.2) is 0 Å². The van der Waals surface area contributed by atoms with Gasteiger partial charge in [0, 0.05) is 0 Å². The molecule has 0 aliphatic rings. The van der Waals surface area contributed by atoms with Crippen LogP contribution in [-0.4, -0.2) is 5.97 Å². The summed E-state index contributed by atoms with van der Waals surface area (Å²) in [5, 5.41) is 0.978. The molecule has 2 nitrogen and oxygen atoms in total. The summed E-state index contributed by atoms with van der Waals surface area (Å²) in [6, 6.07) is 39.1. The van der Waals surface area contributed by atoms with Crippen LogP contribution in [0, 0.1) is 0 Å². The molecule has 0 fully saturated rings. The van der Waals surface area contributed by atoms with Crippen molar-refractivity contribution in [2.45, 2.75) is 6.92 Å². The first kappa shape index (κ1) is 20.5. The van der Waals surface area contributed by atoms with Crippen molar-refractivity contribution in [2.75, 3.05) is 0 Å². The van der Waals surface area contributed by atoms with Crippen molar-refractivity contribution in [2.24, 2.45) is 0 Å². The molecule has 30 heavy (non-hydrogen) atoms. The first-order valence-corrected chi connectivity index (χ1v) is 14.0. The molecule has 0 saturated carbocycles. The molecule has 150 valence electrons. The molecule has 0 bridgehead atoms. The first-order valence-electron chi connectivity index (χ1n) is 9.74. The molecule has 0 unspecified atom stereocenters. The Labute approximate surface area is 185 Å². The van der Waals surface area contributed by atoms with E-state index in [2.05, 4.69) is 94.4 Å². The maximum absolute atomic E-state index is 12.0. The summed E-state index contributed by atoms with van der Waals surface area (Å²) in [4.78, 5) is 12.0. The number of esters is 1. The predicted molar refractivity (Wildman–Crippen MR) is 131 cm³/mol. The van der Waals surface area contributed by atoms with E-state index in [0.717, 1.165) is 21.2 Å². The Hall–Kier alpha value is -2.74. The molecule has 0 heterocycles. The molecule has 4 aromatic carbocycles. The summed E-state index contributed by atoms with van der Waals surface area (Å²) in [5.74, 6) is 0.227. The molecule has 0 radical (unpaired) electrons. The third-order valence-corrected chi connectivity index (χ3v) is 15.2. The standard InChI is InChI=1S/C26H22BrO2P/c1-21(28)29-25-19-11-12-20-26(25)30(27,22-13-5-2-6-14-22,23-15-7-3-8-16-23)24-17-9-4-10-18-24/h2-20H,1H3. The van der Waals surface area contributed by atoms with Gasteiger partial charge in [0.15, 0.2) is 0 Å². The van der Waals surface area contributed by atoms with Crippen molar-refractivity contribution in [3.05, 3.63) is 115 Å². The van der Waals surface area contributed by atoms with E-state index < -0.39 is 5.31 Å². The number of carbonyl (C=O) groups excluding carboxylic acids is 1. The molecule has 0 aliphatic heterocycles. The number of carbonyl (C=O) groups is 1. The summed E-state index contributed by atoms with van der Waals surface area (Å²) < 4.78 is 5.74. The average Bonchev–Trinajstić information content (AvgIpc) is 2.80. The molecular weight excluding hydrogens is 455 g/mol. The average molecular weight is 477 g/mol. The van der Waals surface area contributed by atoms with E-state index in [1.807, 2.05) is 36.4 Å². The summed E-state index contributed by atoms with van der Waals surface area (Å²) in [5.41, 5.74) is 0. The van der Waals surface area contributed by atoms with Crippen LogP contribution in [0.25, 0.3) is 0 Å². The van der Waals surface area contributed by atoms with Gasteiger partial charge < -0.3 is 0 Å². The van der Waals surface area contributed by atoms with E-state index >= 15 is 0 Å². The van der Waals surface area contributed by atoms with Gasteiger partial charge in [-0.3, -0.25) is 0 Å². The van der Waals surface area contributed by atoms with E-state index in [9.17, 15) is 4.79 Å². The number of hydrogen-bond acceptors (Lipinski definition) is 2. The van der Waals surface area contributed by atoms with Crippen LogP contribution in [0.5, 0.6) is 5.75 Å². The molecule has 0 aliphatic carbocycles. The number of hydrogen-bond donors (Lipinski definition) is 0. The Morgan fingerprint density at radius 3 is 1.40 bits per heavy atom. The third-order valence-electron chi connectivity index (χ3n) is 5.29. The van der Waals surface area contributed by atoms with Crippen LogP contribution in [-0.2, 0) is 4.79 Å². The summed E-state index contributed by atoms with van der Waals surface area (Å²) in [6.07, 6.45) is 0. The van der Waals surface area contributed by atoms with Crippen LogP contribution in [0.15, 0.2) is 115 Å². The quantitative estimate of drug-likeness (QED) is 0.228. The number of para-hydroxylation sites is 1. The molecular formula is C26H22BrO2P. The Bertz CT molecular complexity index is 1060. The van der Waals surface area contributed by atoms with Gasteiger partial charge >= 0.3 is 185 Å². The van der Waals surface area contributed by atoms with E-state index in [1.54, 1.807) is 0 Å². The Morgan fingerprint density at radius 2 is 1.00 bits per heavy atom. The second-order valence-corrected chi connectivity index (χ2v) is 15.4. The fourth-order valence-electron chi connectivity index (χ4n) is 4.03. The monoisotopic (exact) mass is 476 g/mol. The number of benzene rings is 4. The second-order valence-electron chi connectivity index (χ2n) is 7.08. The summed E-state index contributed by atoms with van der Waals surface area (Å²) >= 11 is 4.41. The molecule has 4 rings (SSSR count). The zero-order valence-electron chi connectivity index (χ0n) is 16.6. The zero-order valence-corrected chi connectivity index (χ0v) is 19.1. The molecule has 0 amide bonds. The molecule has 0 atom stereocenters. The van der Waals surface area contributed by atoms with Crippen LogP contribution >= 0.6 is 20.8 Å². The SMILES string of the molecule is CC(=O)Oc1ccccc1P(Br)(c1ccccc1)(c1ccccc1)c1ccccc1. The van der Waals surface area contributed by atoms with Crippen molar-refractivity contribution >= 4 is 48.0 Å². The van der Waals surface area contributed by atoms with Crippen LogP contribution in [0.2, 0.25) is 0 Å². The first-order chi connectivity index (χ1) is 14.6. The van der Waals surface area contributed by atoms with Crippen molar-refractivity contribution in [3.8, 4) is 5.75 Å². The van der Waals surface area contributed by atoms with Gasteiger partial charge in [0.05, 0.1) is 0 Å². The van der Waals surface area contributed by atoms with Crippen molar-refractivity contribution in [3.63, 3.8) is 0 Å². The number of ether oxygens (including phenoxy) is 1. The molecule has 0 aromatic heterocycles. The summed E-state index contributed by atoms with van der Waals surface area (Å²) in [7, 11) is 0. The minimum atomic E-state index is -3.40. The zero-order chi connectivity index (χ0) is 21.1. The Balaban J connectivity index is 2.24.